The van der Waals surface area contributed by atoms with E-state index in [2.05, 4.69) is 24.5 Å². The fraction of sp³-hybridized carbons (Fsp3) is 0.654. The maximum Gasteiger partial charge on any atom is 0.253 e. The molecule has 34 heavy (non-hydrogen) atoms. The molecule has 2 heterocycles. The third-order valence-corrected chi connectivity index (χ3v) is 9.27. The van der Waals surface area contributed by atoms with Gasteiger partial charge < -0.3 is 15.2 Å². The van der Waals surface area contributed by atoms with Gasteiger partial charge in [-0.2, -0.15) is 0 Å². The van der Waals surface area contributed by atoms with E-state index in [0.717, 1.165) is 35.5 Å². The largest absolute Gasteiger partial charge is 0.598 e. The average molecular weight is 487 g/mol. The molecular weight excluding hydrogens is 448 g/mol. The van der Waals surface area contributed by atoms with Crippen LogP contribution < -0.4 is 10.6 Å². The van der Waals surface area contributed by atoms with Crippen molar-refractivity contribution in [2.75, 3.05) is 24.2 Å². The van der Waals surface area contributed by atoms with Crippen LogP contribution >= 0.6 is 0 Å². The molecule has 2 amide bonds. The van der Waals surface area contributed by atoms with Crippen molar-refractivity contribution in [3.8, 4) is 0 Å². The number of hydrogen-bond donors (Lipinski definition) is 2. The smallest absolute Gasteiger partial charge is 0.253 e. The Bertz CT molecular complexity index is 959. The number of piperidine rings is 1. The second-order valence-electron chi connectivity index (χ2n) is 10.9. The van der Waals surface area contributed by atoms with E-state index in [4.69, 9.17) is 4.99 Å². The van der Waals surface area contributed by atoms with Crippen LogP contribution in [0.4, 0.5) is 5.69 Å². The predicted molar refractivity (Wildman–Crippen MR) is 137 cm³/mol. The van der Waals surface area contributed by atoms with Crippen molar-refractivity contribution in [3.05, 3.63) is 29.3 Å². The number of amidine groups is 1. The Morgan fingerprint density at radius 1 is 1.24 bits per heavy atom. The summed E-state index contributed by atoms with van der Waals surface area (Å²) in [6, 6.07) is 5.83. The molecule has 186 valence electrons. The number of carbonyl (C=O) groups is 2. The quantitative estimate of drug-likeness (QED) is 0.599. The van der Waals surface area contributed by atoms with E-state index < -0.39 is 16.9 Å². The Balaban J connectivity index is 1.30. The van der Waals surface area contributed by atoms with Gasteiger partial charge in [-0.15, -0.1) is 4.31 Å². The molecule has 1 spiro atoms. The maximum atomic E-state index is 13.0. The molecule has 4 rings (SSSR count). The number of nitrogens with one attached hydrogen (secondary N) is 2. The van der Waals surface area contributed by atoms with Gasteiger partial charge in [0.1, 0.15) is 17.1 Å². The number of nitrogens with zero attached hydrogens (tertiary/aromatic N) is 2. The lowest BCUT2D eigenvalue weighted by Gasteiger charge is -2.35. The van der Waals surface area contributed by atoms with Crippen LogP contribution in [-0.2, 0) is 27.4 Å². The molecule has 7 nitrogen and oxygen atoms in total. The minimum atomic E-state index is -1.10. The molecule has 1 atom stereocenters. The highest BCUT2D eigenvalue weighted by molar-refractivity contribution is 7.89. The molecule has 0 bridgehead atoms. The van der Waals surface area contributed by atoms with Crippen LogP contribution in [0.25, 0.3) is 0 Å². The van der Waals surface area contributed by atoms with Crippen molar-refractivity contribution in [1.82, 2.24) is 9.62 Å². The van der Waals surface area contributed by atoms with Crippen molar-refractivity contribution in [2.45, 2.75) is 78.2 Å². The van der Waals surface area contributed by atoms with E-state index in [1.54, 1.807) is 0 Å². The third kappa shape index (κ3) is 5.66. The Kier molecular flexibility index (Phi) is 7.41. The number of aryl methyl sites for hydroxylation is 2. The monoisotopic (exact) mass is 486 g/mol. The SMILES string of the molecule is CC(=O)Nc1ccc(CC[S+]([O-])N2CCC3(CC2)N=C(C2CCC(C)(C)CC2)NC3=O)c(C)c1. The first-order valence-electron chi connectivity index (χ1n) is 12.5. The highest BCUT2D eigenvalue weighted by Gasteiger charge is 2.48. The zero-order chi connectivity index (χ0) is 24.5. The lowest BCUT2D eigenvalue weighted by atomic mass is 9.73. The molecule has 8 heteroatoms. The number of carbonyl (C=O) groups excluding carboxylic acids is 2. The first-order valence-corrected chi connectivity index (χ1v) is 13.8. The van der Waals surface area contributed by atoms with Crippen LogP contribution in [0.2, 0.25) is 0 Å². The second-order valence-corrected chi connectivity index (χ2v) is 12.5. The van der Waals surface area contributed by atoms with Crippen LogP contribution in [0.3, 0.4) is 0 Å². The summed E-state index contributed by atoms with van der Waals surface area (Å²) in [5.74, 6) is 1.75. The van der Waals surface area contributed by atoms with Gasteiger partial charge >= 0.3 is 0 Å². The first-order chi connectivity index (χ1) is 16.1. The van der Waals surface area contributed by atoms with Crippen molar-refractivity contribution in [3.63, 3.8) is 0 Å². The lowest BCUT2D eigenvalue weighted by molar-refractivity contribution is -0.125. The molecule has 2 N–H and O–H groups in total. The Labute approximate surface area is 206 Å². The Hall–Kier alpha value is -1.90. The summed E-state index contributed by atoms with van der Waals surface area (Å²) in [5, 5.41) is 5.91. The Morgan fingerprint density at radius 2 is 1.91 bits per heavy atom. The molecule has 0 radical (unpaired) electrons. The predicted octanol–water partition coefficient (Wildman–Crippen LogP) is 3.74. The minimum Gasteiger partial charge on any atom is -0.598 e. The van der Waals surface area contributed by atoms with Crippen molar-refractivity contribution < 1.29 is 14.1 Å². The van der Waals surface area contributed by atoms with E-state index in [1.165, 1.54) is 19.8 Å². The number of aliphatic imine (C=N–C) groups is 1. The highest BCUT2D eigenvalue weighted by atomic mass is 32.2. The van der Waals surface area contributed by atoms with Crippen LogP contribution in [0.1, 0.15) is 70.4 Å². The molecular formula is C26H38N4O3S. The Morgan fingerprint density at radius 3 is 2.53 bits per heavy atom. The van der Waals surface area contributed by atoms with Gasteiger partial charge in [0.2, 0.25) is 5.91 Å². The molecule has 2 fully saturated rings. The van der Waals surface area contributed by atoms with E-state index in [9.17, 15) is 14.1 Å². The zero-order valence-electron chi connectivity index (χ0n) is 20.9. The molecule has 1 saturated carbocycles. The molecule has 1 saturated heterocycles. The zero-order valence-corrected chi connectivity index (χ0v) is 21.7. The summed E-state index contributed by atoms with van der Waals surface area (Å²) in [6.45, 7) is 9.38. The van der Waals surface area contributed by atoms with Gasteiger partial charge in [-0.3, -0.25) is 14.6 Å². The fourth-order valence-electron chi connectivity index (χ4n) is 5.39. The van der Waals surface area contributed by atoms with E-state index in [-0.39, 0.29) is 11.8 Å². The standard InChI is InChI=1S/C26H38N4O3S/c1-18-17-22(27-19(2)31)6-5-20(18)9-16-34(33)30-14-12-26(13-15-30)24(32)28-23(29-26)21-7-10-25(3,4)11-8-21/h5-6,17,21H,7-16H2,1-4H3,(H,27,31)(H,28,29,32). The number of anilines is 1. The minimum absolute atomic E-state index is 0.0349. The van der Waals surface area contributed by atoms with Crippen LogP contribution in [0, 0.1) is 18.3 Å². The summed E-state index contributed by atoms with van der Waals surface area (Å²) in [5.41, 5.74) is 2.72. The number of hydrogen-bond acceptors (Lipinski definition) is 5. The van der Waals surface area contributed by atoms with E-state index >= 15 is 0 Å². The second kappa shape index (κ2) is 9.99. The molecule has 3 aliphatic rings. The third-order valence-electron chi connectivity index (χ3n) is 7.77. The van der Waals surface area contributed by atoms with Gasteiger partial charge in [-0.05, 0) is 74.1 Å². The summed E-state index contributed by atoms with van der Waals surface area (Å²) in [6.07, 6.45) is 6.46. The summed E-state index contributed by atoms with van der Waals surface area (Å²) in [7, 11) is 0. The van der Waals surface area contributed by atoms with E-state index in [0.29, 0.717) is 49.4 Å². The van der Waals surface area contributed by atoms with Gasteiger partial charge in [-0.1, -0.05) is 19.9 Å². The summed E-state index contributed by atoms with van der Waals surface area (Å²) in [4.78, 5) is 29.1. The van der Waals surface area contributed by atoms with Crippen LogP contribution in [0.5, 0.6) is 0 Å². The van der Waals surface area contributed by atoms with Crippen molar-refractivity contribution >= 4 is 34.7 Å². The fourth-order valence-corrected chi connectivity index (χ4v) is 6.63. The normalized spacial score (nSPS) is 23.4. The van der Waals surface area contributed by atoms with Gasteiger partial charge in [0, 0.05) is 49.4 Å². The van der Waals surface area contributed by atoms with Crippen LogP contribution in [0.15, 0.2) is 23.2 Å². The molecule has 1 unspecified atom stereocenters. The lowest BCUT2D eigenvalue weighted by Crippen LogP contribution is -2.51. The molecule has 1 aliphatic carbocycles. The number of rotatable bonds is 6. The molecule has 2 aliphatic heterocycles. The summed E-state index contributed by atoms with van der Waals surface area (Å²) >= 11 is -1.10. The molecule has 0 aromatic heterocycles. The molecule has 1 aromatic carbocycles. The molecule has 1 aromatic rings. The number of amides is 2. The first kappa shape index (κ1) is 25.2. The topological polar surface area (TPSA) is 96.9 Å². The van der Waals surface area contributed by atoms with Gasteiger partial charge in [-0.25, -0.2) is 0 Å². The van der Waals surface area contributed by atoms with E-state index in [1.807, 2.05) is 29.4 Å². The average Bonchev–Trinajstić information content (AvgIpc) is 3.08. The number of benzene rings is 1. The maximum absolute atomic E-state index is 13.0. The van der Waals surface area contributed by atoms with Crippen LogP contribution in [-0.4, -0.2) is 50.9 Å². The van der Waals surface area contributed by atoms with Gasteiger partial charge in [0.25, 0.3) is 5.91 Å². The summed E-state index contributed by atoms with van der Waals surface area (Å²) < 4.78 is 15.0. The van der Waals surface area contributed by atoms with Gasteiger partial charge in [0.05, 0.1) is 0 Å². The highest BCUT2D eigenvalue weighted by Crippen LogP contribution is 2.40. The van der Waals surface area contributed by atoms with Gasteiger partial charge in [0.15, 0.2) is 0 Å². The van der Waals surface area contributed by atoms with Crippen molar-refractivity contribution in [1.29, 1.82) is 0 Å². The van der Waals surface area contributed by atoms with Crippen molar-refractivity contribution in [2.24, 2.45) is 16.3 Å².